The largest absolute Gasteiger partial charge is 0.326 e. The standard InChI is InChI=1S/C22H22N4O3S/c1-14-12-21(24-15(2)23-14)26-30(28,29)18-10-8-17(9-11-18)25-22(27)20-13-19(20)16-6-4-3-5-7-16/h3-12,19-20H,13H2,1-2H3,(H,25,27)(H,23,24,26)/t19-,20-/m1/s1. The van der Waals surface area contributed by atoms with Gasteiger partial charge in [-0.1, -0.05) is 30.3 Å². The molecule has 1 saturated carbocycles. The Hall–Kier alpha value is -3.26. The first-order valence-electron chi connectivity index (χ1n) is 9.63. The van der Waals surface area contributed by atoms with Crippen molar-refractivity contribution in [2.75, 3.05) is 10.0 Å². The van der Waals surface area contributed by atoms with Gasteiger partial charge in [0.05, 0.1) is 4.90 Å². The molecule has 0 saturated heterocycles. The molecule has 4 rings (SSSR count). The van der Waals surface area contributed by atoms with Gasteiger partial charge in [-0.05, 0) is 56.0 Å². The third kappa shape index (κ3) is 4.49. The highest BCUT2D eigenvalue weighted by Gasteiger charge is 2.43. The normalized spacial score (nSPS) is 17.9. The predicted octanol–water partition coefficient (Wildman–Crippen LogP) is 3.64. The molecule has 1 fully saturated rings. The van der Waals surface area contributed by atoms with Gasteiger partial charge in [0.15, 0.2) is 0 Å². The number of nitrogens with zero attached hydrogens (tertiary/aromatic N) is 2. The fourth-order valence-electron chi connectivity index (χ4n) is 3.47. The van der Waals surface area contributed by atoms with Crippen molar-refractivity contribution >= 4 is 27.4 Å². The van der Waals surface area contributed by atoms with Gasteiger partial charge in [0.1, 0.15) is 11.6 Å². The van der Waals surface area contributed by atoms with Crippen molar-refractivity contribution in [3.63, 3.8) is 0 Å². The second-order valence-electron chi connectivity index (χ2n) is 7.42. The second kappa shape index (κ2) is 7.87. The number of anilines is 2. The monoisotopic (exact) mass is 422 g/mol. The van der Waals surface area contributed by atoms with Gasteiger partial charge in [-0.25, -0.2) is 18.4 Å². The van der Waals surface area contributed by atoms with E-state index in [1.165, 1.54) is 17.7 Å². The minimum Gasteiger partial charge on any atom is -0.326 e. The number of hydrogen-bond acceptors (Lipinski definition) is 5. The molecule has 30 heavy (non-hydrogen) atoms. The van der Waals surface area contributed by atoms with E-state index in [-0.39, 0.29) is 28.5 Å². The maximum atomic E-state index is 12.6. The van der Waals surface area contributed by atoms with E-state index in [2.05, 4.69) is 20.0 Å². The summed E-state index contributed by atoms with van der Waals surface area (Å²) in [6.07, 6.45) is 0.823. The van der Waals surface area contributed by atoms with Crippen molar-refractivity contribution in [1.82, 2.24) is 9.97 Å². The number of carbonyl (C=O) groups excluding carboxylic acids is 1. The second-order valence-corrected chi connectivity index (χ2v) is 9.10. The Morgan fingerprint density at radius 2 is 1.70 bits per heavy atom. The van der Waals surface area contributed by atoms with E-state index in [0.717, 1.165) is 6.42 Å². The van der Waals surface area contributed by atoms with Crippen molar-refractivity contribution in [3.8, 4) is 0 Å². The minimum atomic E-state index is -3.79. The number of carbonyl (C=O) groups is 1. The van der Waals surface area contributed by atoms with Crippen LogP contribution >= 0.6 is 0 Å². The molecular formula is C22H22N4O3S. The highest BCUT2D eigenvalue weighted by molar-refractivity contribution is 7.92. The molecule has 2 N–H and O–H groups in total. The number of aryl methyl sites for hydroxylation is 2. The van der Waals surface area contributed by atoms with Crippen LogP contribution in [0, 0.1) is 19.8 Å². The molecule has 8 heteroatoms. The van der Waals surface area contributed by atoms with Gasteiger partial charge in [-0.3, -0.25) is 9.52 Å². The fraction of sp³-hybridized carbons (Fsp3) is 0.227. The summed E-state index contributed by atoms with van der Waals surface area (Å²) in [6.45, 7) is 3.47. The van der Waals surface area contributed by atoms with Crippen LogP contribution in [-0.2, 0) is 14.8 Å². The van der Waals surface area contributed by atoms with Crippen molar-refractivity contribution in [2.24, 2.45) is 5.92 Å². The average molecular weight is 423 g/mol. The summed E-state index contributed by atoms with van der Waals surface area (Å²) < 4.78 is 27.7. The van der Waals surface area contributed by atoms with Crippen LogP contribution in [0.4, 0.5) is 11.5 Å². The zero-order valence-corrected chi connectivity index (χ0v) is 17.5. The smallest absolute Gasteiger partial charge is 0.263 e. The molecule has 0 bridgehead atoms. The summed E-state index contributed by atoms with van der Waals surface area (Å²) >= 11 is 0. The van der Waals surface area contributed by atoms with Crippen molar-refractivity contribution in [1.29, 1.82) is 0 Å². The van der Waals surface area contributed by atoms with E-state index in [1.54, 1.807) is 32.0 Å². The number of nitrogens with one attached hydrogen (secondary N) is 2. The third-order valence-electron chi connectivity index (χ3n) is 4.99. The molecule has 3 aromatic rings. The number of aromatic nitrogens is 2. The molecule has 1 amide bonds. The lowest BCUT2D eigenvalue weighted by Gasteiger charge is -2.10. The van der Waals surface area contributed by atoms with Crippen molar-refractivity contribution in [3.05, 3.63) is 77.7 Å². The molecule has 0 radical (unpaired) electrons. The van der Waals surface area contributed by atoms with E-state index >= 15 is 0 Å². The summed E-state index contributed by atoms with van der Waals surface area (Å²) in [5, 5.41) is 2.87. The Kier molecular flexibility index (Phi) is 5.26. The van der Waals surface area contributed by atoms with Crippen LogP contribution in [0.25, 0.3) is 0 Å². The summed E-state index contributed by atoms with van der Waals surface area (Å²) in [6, 6.07) is 17.6. The molecule has 0 unspecified atom stereocenters. The van der Waals surface area contributed by atoms with E-state index in [0.29, 0.717) is 17.2 Å². The molecule has 1 heterocycles. The van der Waals surface area contributed by atoms with Gasteiger partial charge < -0.3 is 5.32 Å². The molecule has 1 aliphatic carbocycles. The average Bonchev–Trinajstić information content (AvgIpc) is 3.49. The molecule has 0 spiro atoms. The molecule has 2 atom stereocenters. The van der Waals surface area contributed by atoms with Crippen LogP contribution in [-0.4, -0.2) is 24.3 Å². The Bertz CT molecular complexity index is 1160. The highest BCUT2D eigenvalue weighted by Crippen LogP contribution is 2.47. The number of amides is 1. The quantitative estimate of drug-likeness (QED) is 0.632. The lowest BCUT2D eigenvalue weighted by molar-refractivity contribution is -0.117. The zero-order chi connectivity index (χ0) is 21.3. The maximum Gasteiger partial charge on any atom is 0.263 e. The maximum absolute atomic E-state index is 12.6. The van der Waals surface area contributed by atoms with Gasteiger partial charge >= 0.3 is 0 Å². The molecule has 2 aromatic carbocycles. The first-order valence-corrected chi connectivity index (χ1v) is 11.1. The van der Waals surface area contributed by atoms with Crippen molar-refractivity contribution < 1.29 is 13.2 Å². The Morgan fingerprint density at radius 3 is 2.37 bits per heavy atom. The van der Waals surface area contributed by atoms with Crippen LogP contribution in [0.15, 0.2) is 65.6 Å². The summed E-state index contributed by atoms with van der Waals surface area (Å²) in [4.78, 5) is 20.8. The van der Waals surface area contributed by atoms with E-state index < -0.39 is 10.0 Å². The first-order chi connectivity index (χ1) is 14.3. The van der Waals surface area contributed by atoms with Gasteiger partial charge in [0, 0.05) is 23.4 Å². The van der Waals surface area contributed by atoms with Crippen LogP contribution in [0.5, 0.6) is 0 Å². The Labute approximate surface area is 175 Å². The molecule has 1 aromatic heterocycles. The molecular weight excluding hydrogens is 400 g/mol. The topological polar surface area (TPSA) is 101 Å². The van der Waals surface area contributed by atoms with Gasteiger partial charge in [-0.15, -0.1) is 0 Å². The third-order valence-corrected chi connectivity index (χ3v) is 6.36. The van der Waals surface area contributed by atoms with Gasteiger partial charge in [0.2, 0.25) is 5.91 Å². The van der Waals surface area contributed by atoms with E-state index in [1.807, 2.05) is 30.3 Å². The van der Waals surface area contributed by atoms with Crippen LogP contribution < -0.4 is 10.0 Å². The molecule has 7 nitrogen and oxygen atoms in total. The summed E-state index contributed by atoms with van der Waals surface area (Å²) in [5.41, 5.74) is 2.40. The van der Waals surface area contributed by atoms with Gasteiger partial charge in [-0.2, -0.15) is 0 Å². The van der Waals surface area contributed by atoms with Crippen LogP contribution in [0.1, 0.15) is 29.4 Å². The SMILES string of the molecule is Cc1cc(NS(=O)(=O)c2ccc(NC(=O)[C@@H]3C[C@@H]3c3ccccc3)cc2)nc(C)n1. The lowest BCUT2D eigenvalue weighted by Crippen LogP contribution is -2.16. The zero-order valence-electron chi connectivity index (χ0n) is 16.7. The molecule has 0 aliphatic heterocycles. The Morgan fingerprint density at radius 1 is 1.00 bits per heavy atom. The summed E-state index contributed by atoms with van der Waals surface area (Å²) in [7, 11) is -3.79. The summed E-state index contributed by atoms with van der Waals surface area (Å²) in [5.74, 6) is 0.846. The molecule has 154 valence electrons. The predicted molar refractivity (Wildman–Crippen MR) is 115 cm³/mol. The first kappa shape index (κ1) is 20.0. The Balaban J connectivity index is 1.41. The molecule has 1 aliphatic rings. The van der Waals surface area contributed by atoms with Crippen LogP contribution in [0.2, 0.25) is 0 Å². The number of benzene rings is 2. The van der Waals surface area contributed by atoms with Crippen molar-refractivity contribution in [2.45, 2.75) is 31.1 Å². The van der Waals surface area contributed by atoms with E-state index in [4.69, 9.17) is 0 Å². The number of sulfonamides is 1. The minimum absolute atomic E-state index is 0.0514. The number of hydrogen-bond donors (Lipinski definition) is 2. The van der Waals surface area contributed by atoms with Crippen LogP contribution in [0.3, 0.4) is 0 Å². The van der Waals surface area contributed by atoms with E-state index in [9.17, 15) is 13.2 Å². The fourth-order valence-corrected chi connectivity index (χ4v) is 4.46. The number of rotatable bonds is 6. The van der Waals surface area contributed by atoms with Gasteiger partial charge in [0.25, 0.3) is 10.0 Å². The highest BCUT2D eigenvalue weighted by atomic mass is 32.2. The lowest BCUT2D eigenvalue weighted by atomic mass is 10.1.